The molecule has 0 saturated carbocycles. The predicted octanol–water partition coefficient (Wildman–Crippen LogP) is 0.862. The molecule has 0 bridgehead atoms. The molecule has 1 aromatic carbocycles. The van der Waals surface area contributed by atoms with Crippen molar-refractivity contribution in [2.45, 2.75) is 12.8 Å². The van der Waals surface area contributed by atoms with Crippen molar-refractivity contribution in [2.75, 3.05) is 25.0 Å². The van der Waals surface area contributed by atoms with Crippen LogP contribution in [0.15, 0.2) is 24.3 Å². The minimum absolute atomic E-state index is 0.0176. The number of nitro benzene ring substituents is 1. The number of benzene rings is 1. The zero-order chi connectivity index (χ0) is 14.1. The fourth-order valence-electron chi connectivity index (χ4n) is 1.48. The van der Waals surface area contributed by atoms with Gasteiger partial charge in [0.1, 0.15) is 0 Å². The second kappa shape index (κ2) is 8.04. The molecule has 0 aliphatic carbocycles. The van der Waals surface area contributed by atoms with Gasteiger partial charge >= 0.3 is 0 Å². The SMILES string of the molecule is NCCNC(=O)CCCNc1ccc([N+](=O)[O-])cc1. The monoisotopic (exact) mass is 266 g/mol. The van der Waals surface area contributed by atoms with Crippen LogP contribution in [-0.4, -0.2) is 30.5 Å². The van der Waals surface area contributed by atoms with Crippen molar-refractivity contribution < 1.29 is 9.72 Å². The average Bonchev–Trinajstić information content (AvgIpc) is 2.41. The van der Waals surface area contributed by atoms with Crippen molar-refractivity contribution in [2.24, 2.45) is 5.73 Å². The number of nitrogens with two attached hydrogens (primary N) is 1. The Hall–Kier alpha value is -2.15. The first kappa shape index (κ1) is 14.9. The lowest BCUT2D eigenvalue weighted by molar-refractivity contribution is -0.384. The van der Waals surface area contributed by atoms with Gasteiger partial charge in [-0.2, -0.15) is 0 Å². The number of carbonyl (C=O) groups is 1. The van der Waals surface area contributed by atoms with Crippen LogP contribution in [0.5, 0.6) is 0 Å². The molecule has 104 valence electrons. The lowest BCUT2D eigenvalue weighted by atomic mass is 10.2. The van der Waals surface area contributed by atoms with Crippen molar-refractivity contribution >= 4 is 17.3 Å². The molecule has 7 heteroatoms. The Balaban J connectivity index is 2.22. The maximum atomic E-state index is 11.3. The number of hydrogen-bond acceptors (Lipinski definition) is 5. The van der Waals surface area contributed by atoms with Crippen molar-refractivity contribution in [1.82, 2.24) is 5.32 Å². The predicted molar refractivity (Wildman–Crippen MR) is 72.9 cm³/mol. The third-order valence-electron chi connectivity index (χ3n) is 2.45. The number of nitrogens with zero attached hydrogens (tertiary/aromatic N) is 1. The summed E-state index contributed by atoms with van der Waals surface area (Å²) in [5.74, 6) is -0.0176. The highest BCUT2D eigenvalue weighted by molar-refractivity contribution is 5.75. The Morgan fingerprint density at radius 3 is 2.53 bits per heavy atom. The highest BCUT2D eigenvalue weighted by Crippen LogP contribution is 2.15. The molecule has 0 radical (unpaired) electrons. The Bertz CT molecular complexity index is 419. The normalized spacial score (nSPS) is 9.95. The minimum atomic E-state index is -0.439. The summed E-state index contributed by atoms with van der Waals surface area (Å²) in [7, 11) is 0. The molecule has 0 aliphatic heterocycles. The molecule has 1 amide bonds. The van der Waals surface area contributed by atoms with Gasteiger partial charge in [0, 0.05) is 43.9 Å². The third-order valence-corrected chi connectivity index (χ3v) is 2.45. The van der Waals surface area contributed by atoms with Gasteiger partial charge in [-0.25, -0.2) is 0 Å². The second-order valence-electron chi connectivity index (χ2n) is 3.97. The number of nitrogens with one attached hydrogen (secondary N) is 2. The van der Waals surface area contributed by atoms with Gasteiger partial charge in [0.15, 0.2) is 0 Å². The molecular formula is C12H18N4O3. The van der Waals surface area contributed by atoms with Crippen LogP contribution in [0, 0.1) is 10.1 Å². The smallest absolute Gasteiger partial charge is 0.269 e. The number of non-ortho nitro benzene ring substituents is 1. The lowest BCUT2D eigenvalue weighted by Crippen LogP contribution is -2.29. The van der Waals surface area contributed by atoms with E-state index < -0.39 is 4.92 Å². The summed E-state index contributed by atoms with van der Waals surface area (Å²) in [6, 6.07) is 6.17. The van der Waals surface area contributed by atoms with Gasteiger partial charge in [-0.3, -0.25) is 14.9 Å². The number of amides is 1. The van der Waals surface area contributed by atoms with Crippen molar-refractivity contribution in [1.29, 1.82) is 0 Å². The lowest BCUT2D eigenvalue weighted by Gasteiger charge is -2.06. The number of carbonyl (C=O) groups excluding carboxylic acids is 1. The molecule has 4 N–H and O–H groups in total. The number of nitro groups is 1. The number of anilines is 1. The summed E-state index contributed by atoms with van der Waals surface area (Å²) in [5, 5.41) is 16.2. The summed E-state index contributed by atoms with van der Waals surface area (Å²) in [5.41, 5.74) is 6.13. The minimum Gasteiger partial charge on any atom is -0.385 e. The topological polar surface area (TPSA) is 110 Å². The van der Waals surface area contributed by atoms with Crippen LogP contribution >= 0.6 is 0 Å². The quantitative estimate of drug-likeness (QED) is 0.367. The standard InChI is InChI=1S/C12H18N4O3/c13-7-9-15-12(17)2-1-8-14-10-3-5-11(6-4-10)16(18)19/h3-6,14H,1-2,7-9,13H2,(H,15,17). The molecule has 1 rings (SSSR count). The van der Waals surface area contributed by atoms with E-state index in [9.17, 15) is 14.9 Å². The molecule has 0 atom stereocenters. The van der Waals surface area contributed by atoms with Gasteiger partial charge in [0.25, 0.3) is 5.69 Å². The van der Waals surface area contributed by atoms with Crippen molar-refractivity contribution in [3.05, 3.63) is 34.4 Å². The summed E-state index contributed by atoms with van der Waals surface area (Å²) >= 11 is 0. The summed E-state index contributed by atoms with van der Waals surface area (Å²) in [6.45, 7) is 1.56. The molecule has 0 aliphatic rings. The first-order chi connectivity index (χ1) is 9.13. The van der Waals surface area contributed by atoms with Crippen molar-refractivity contribution in [3.63, 3.8) is 0 Å². The van der Waals surface area contributed by atoms with E-state index >= 15 is 0 Å². The van der Waals surface area contributed by atoms with E-state index in [1.807, 2.05) is 0 Å². The van der Waals surface area contributed by atoms with E-state index in [1.54, 1.807) is 12.1 Å². The zero-order valence-electron chi connectivity index (χ0n) is 10.6. The van der Waals surface area contributed by atoms with Crippen LogP contribution in [-0.2, 0) is 4.79 Å². The Labute approximate surface area is 111 Å². The zero-order valence-corrected chi connectivity index (χ0v) is 10.6. The largest absolute Gasteiger partial charge is 0.385 e. The molecule has 0 spiro atoms. The van der Waals surface area contributed by atoms with Gasteiger partial charge in [0.05, 0.1) is 4.92 Å². The molecule has 7 nitrogen and oxygen atoms in total. The average molecular weight is 266 g/mol. The van der Waals surface area contributed by atoms with Crippen LogP contribution in [0.4, 0.5) is 11.4 Å². The van der Waals surface area contributed by atoms with E-state index in [-0.39, 0.29) is 11.6 Å². The van der Waals surface area contributed by atoms with Gasteiger partial charge in [-0.1, -0.05) is 0 Å². The Morgan fingerprint density at radius 2 is 1.95 bits per heavy atom. The van der Waals surface area contributed by atoms with Crippen LogP contribution < -0.4 is 16.4 Å². The van der Waals surface area contributed by atoms with Gasteiger partial charge < -0.3 is 16.4 Å². The maximum absolute atomic E-state index is 11.3. The first-order valence-electron chi connectivity index (χ1n) is 6.08. The highest BCUT2D eigenvalue weighted by Gasteiger charge is 2.03. The van der Waals surface area contributed by atoms with Crippen LogP contribution in [0.2, 0.25) is 0 Å². The summed E-state index contributed by atoms with van der Waals surface area (Å²) in [6.07, 6.45) is 1.12. The van der Waals surface area contributed by atoms with Crippen molar-refractivity contribution in [3.8, 4) is 0 Å². The number of rotatable bonds is 8. The van der Waals surface area contributed by atoms with Gasteiger partial charge in [0.2, 0.25) is 5.91 Å². The second-order valence-corrected chi connectivity index (χ2v) is 3.97. The van der Waals surface area contributed by atoms with Crippen LogP contribution in [0.1, 0.15) is 12.8 Å². The molecule has 19 heavy (non-hydrogen) atoms. The highest BCUT2D eigenvalue weighted by atomic mass is 16.6. The summed E-state index contributed by atoms with van der Waals surface area (Å²) < 4.78 is 0. The summed E-state index contributed by atoms with van der Waals surface area (Å²) in [4.78, 5) is 21.3. The first-order valence-corrected chi connectivity index (χ1v) is 6.08. The Morgan fingerprint density at radius 1 is 1.26 bits per heavy atom. The fourth-order valence-corrected chi connectivity index (χ4v) is 1.48. The molecule has 0 aromatic heterocycles. The fraction of sp³-hybridized carbons (Fsp3) is 0.417. The Kier molecular flexibility index (Phi) is 6.31. The van der Waals surface area contributed by atoms with Gasteiger partial charge in [-0.15, -0.1) is 0 Å². The van der Waals surface area contributed by atoms with E-state index in [4.69, 9.17) is 5.73 Å². The van der Waals surface area contributed by atoms with Crippen LogP contribution in [0.25, 0.3) is 0 Å². The van der Waals surface area contributed by atoms with Gasteiger partial charge in [-0.05, 0) is 18.6 Å². The van der Waals surface area contributed by atoms with E-state index in [1.165, 1.54) is 12.1 Å². The third kappa shape index (κ3) is 5.82. The van der Waals surface area contributed by atoms with E-state index in [0.29, 0.717) is 32.5 Å². The molecule has 0 unspecified atom stereocenters. The molecule has 1 aromatic rings. The molecule has 0 fully saturated rings. The molecule has 0 heterocycles. The van der Waals surface area contributed by atoms with Crippen LogP contribution in [0.3, 0.4) is 0 Å². The van der Waals surface area contributed by atoms with E-state index in [0.717, 1.165) is 5.69 Å². The molecular weight excluding hydrogens is 248 g/mol. The maximum Gasteiger partial charge on any atom is 0.269 e. The molecule has 0 saturated heterocycles. The number of hydrogen-bond donors (Lipinski definition) is 3. The van der Waals surface area contributed by atoms with E-state index in [2.05, 4.69) is 10.6 Å².